The minimum Gasteiger partial charge on any atom is -0.389 e. The Bertz CT molecular complexity index is 611. The van der Waals surface area contributed by atoms with Crippen molar-refractivity contribution in [3.05, 3.63) is 69.7 Å². The summed E-state index contributed by atoms with van der Waals surface area (Å²) in [5.74, 6) is 0.804. The van der Waals surface area contributed by atoms with Gasteiger partial charge in [0.15, 0.2) is 5.84 Å². The van der Waals surface area contributed by atoms with Gasteiger partial charge in [-0.3, -0.25) is 0 Å². The van der Waals surface area contributed by atoms with E-state index < -0.39 is 0 Å². The molecule has 0 amide bonds. The molecule has 96 valence electrons. The number of nitrogens with zero attached hydrogens (tertiary/aromatic N) is 1. The fourth-order valence-corrected chi connectivity index (χ4v) is 2.45. The summed E-state index contributed by atoms with van der Waals surface area (Å²) in [6, 6.07) is 16.2. The molecule has 0 unspecified atom stereocenters. The zero-order valence-corrected chi connectivity index (χ0v) is 11.9. The molecule has 19 heavy (non-hydrogen) atoms. The van der Waals surface area contributed by atoms with Gasteiger partial charge < -0.3 is 10.2 Å². The third kappa shape index (κ3) is 2.79. The van der Waals surface area contributed by atoms with Crippen LogP contribution in [-0.2, 0) is 18.0 Å². The van der Waals surface area contributed by atoms with Gasteiger partial charge in [-0.1, -0.05) is 51.4 Å². The monoisotopic (exact) mass is 316 g/mol. The molecule has 4 heteroatoms. The van der Waals surface area contributed by atoms with Gasteiger partial charge in [0, 0.05) is 16.6 Å². The van der Waals surface area contributed by atoms with Gasteiger partial charge >= 0.3 is 0 Å². The lowest BCUT2D eigenvalue weighted by molar-refractivity contribution is 0.130. The summed E-state index contributed by atoms with van der Waals surface area (Å²) in [6.45, 7) is 1.28. The van der Waals surface area contributed by atoms with Crippen LogP contribution in [0.3, 0.4) is 0 Å². The lowest BCUT2D eigenvalue weighted by Crippen LogP contribution is -2.15. The number of benzene rings is 2. The number of hydrogen-bond acceptors (Lipinski definition) is 2. The number of hydrogen-bond donors (Lipinski definition) is 1. The van der Waals surface area contributed by atoms with Crippen LogP contribution in [0.25, 0.3) is 0 Å². The Morgan fingerprint density at radius 3 is 2.84 bits per heavy atom. The molecule has 1 heterocycles. The van der Waals surface area contributed by atoms with Crippen LogP contribution in [0, 0.1) is 0 Å². The Morgan fingerprint density at radius 1 is 1.16 bits per heavy atom. The third-order valence-electron chi connectivity index (χ3n) is 3.00. The van der Waals surface area contributed by atoms with E-state index >= 15 is 0 Å². The Hall–Kier alpha value is -1.81. The third-order valence-corrected chi connectivity index (χ3v) is 3.49. The molecule has 1 aliphatic heterocycles. The molecule has 0 saturated carbocycles. The van der Waals surface area contributed by atoms with E-state index in [4.69, 9.17) is 4.84 Å². The Morgan fingerprint density at radius 2 is 2.00 bits per heavy atom. The quantitative estimate of drug-likeness (QED) is 0.880. The molecular formula is C15H13BrN2O. The molecule has 3 rings (SSSR count). The van der Waals surface area contributed by atoms with Gasteiger partial charge in [0.05, 0.1) is 0 Å². The van der Waals surface area contributed by atoms with Gasteiger partial charge in [-0.2, -0.15) is 0 Å². The lowest BCUT2D eigenvalue weighted by atomic mass is 10.1. The maximum absolute atomic E-state index is 5.40. The van der Waals surface area contributed by atoms with Crippen molar-refractivity contribution in [3.63, 3.8) is 0 Å². The number of nitrogens with one attached hydrogen (secondary N) is 1. The highest BCUT2D eigenvalue weighted by atomic mass is 79.9. The van der Waals surface area contributed by atoms with Crippen molar-refractivity contribution in [2.45, 2.75) is 13.2 Å². The molecule has 0 aromatic heterocycles. The molecule has 1 N–H and O–H groups in total. The maximum Gasteiger partial charge on any atom is 0.173 e. The molecule has 0 atom stereocenters. The highest BCUT2D eigenvalue weighted by Crippen LogP contribution is 2.21. The van der Waals surface area contributed by atoms with Crippen LogP contribution in [0.15, 0.2) is 58.2 Å². The summed E-state index contributed by atoms with van der Waals surface area (Å²) in [4.78, 5) is 5.40. The average Bonchev–Trinajstić information content (AvgIpc) is 2.82. The minimum atomic E-state index is 0.484. The van der Waals surface area contributed by atoms with Gasteiger partial charge in [0.1, 0.15) is 6.61 Å². The molecule has 0 bridgehead atoms. The fraction of sp³-hybridized carbons (Fsp3) is 0.133. The van der Waals surface area contributed by atoms with Crippen molar-refractivity contribution in [1.29, 1.82) is 0 Å². The topological polar surface area (TPSA) is 33.6 Å². The predicted molar refractivity (Wildman–Crippen MR) is 78.7 cm³/mol. The van der Waals surface area contributed by atoms with Crippen molar-refractivity contribution in [2.75, 3.05) is 0 Å². The van der Waals surface area contributed by atoms with Crippen molar-refractivity contribution < 1.29 is 4.84 Å². The van der Waals surface area contributed by atoms with E-state index in [0.717, 1.165) is 28.0 Å². The molecule has 0 saturated heterocycles. The second-order valence-electron chi connectivity index (χ2n) is 4.35. The number of fused-ring (bicyclic) bond motifs is 1. The first-order chi connectivity index (χ1) is 9.33. The van der Waals surface area contributed by atoms with Gasteiger partial charge in [-0.05, 0) is 29.3 Å². The first kappa shape index (κ1) is 12.2. The highest BCUT2D eigenvalue weighted by molar-refractivity contribution is 9.10. The summed E-state index contributed by atoms with van der Waals surface area (Å²) < 4.78 is 1.08. The van der Waals surface area contributed by atoms with Crippen molar-refractivity contribution in [3.8, 4) is 0 Å². The summed E-state index contributed by atoms with van der Waals surface area (Å²) in [6.07, 6.45) is 0. The van der Waals surface area contributed by atoms with Gasteiger partial charge in [-0.25, -0.2) is 0 Å². The van der Waals surface area contributed by atoms with Crippen LogP contribution in [-0.4, -0.2) is 5.84 Å². The number of oxime groups is 1. The van der Waals surface area contributed by atoms with E-state index in [1.54, 1.807) is 0 Å². The largest absolute Gasteiger partial charge is 0.389 e. The molecule has 0 fully saturated rings. The van der Waals surface area contributed by atoms with Crippen LogP contribution in [0.2, 0.25) is 0 Å². The normalized spacial score (nSPS) is 15.1. The Kier molecular flexibility index (Phi) is 3.51. The van der Waals surface area contributed by atoms with Crippen LogP contribution in [0.4, 0.5) is 0 Å². The fourth-order valence-electron chi connectivity index (χ4n) is 2.04. The summed E-state index contributed by atoms with van der Waals surface area (Å²) in [5, 5.41) is 7.42. The molecule has 0 radical (unpaired) electrons. The van der Waals surface area contributed by atoms with Crippen LogP contribution >= 0.6 is 15.9 Å². The van der Waals surface area contributed by atoms with Gasteiger partial charge in [-0.15, -0.1) is 0 Å². The van der Waals surface area contributed by atoms with Crippen molar-refractivity contribution >= 4 is 21.8 Å². The maximum atomic E-state index is 5.40. The predicted octanol–water partition coefficient (Wildman–Crippen LogP) is 3.43. The summed E-state index contributed by atoms with van der Waals surface area (Å²) in [7, 11) is 0. The van der Waals surface area contributed by atoms with E-state index in [1.807, 2.05) is 42.5 Å². The second kappa shape index (κ2) is 5.45. The molecule has 2 aromatic carbocycles. The number of amidine groups is 1. The van der Waals surface area contributed by atoms with Crippen molar-refractivity contribution in [1.82, 2.24) is 5.32 Å². The Labute approximate surface area is 120 Å². The second-order valence-corrected chi connectivity index (χ2v) is 5.27. The molecule has 3 nitrogen and oxygen atoms in total. The number of rotatable bonds is 3. The van der Waals surface area contributed by atoms with Crippen molar-refractivity contribution in [2.24, 2.45) is 5.16 Å². The van der Waals surface area contributed by atoms with Gasteiger partial charge in [0.25, 0.3) is 0 Å². The highest BCUT2D eigenvalue weighted by Gasteiger charge is 2.17. The van der Waals surface area contributed by atoms with Crippen LogP contribution in [0.5, 0.6) is 0 Å². The molecule has 0 aliphatic carbocycles. The first-order valence-electron chi connectivity index (χ1n) is 6.09. The van der Waals surface area contributed by atoms with E-state index in [2.05, 4.69) is 32.5 Å². The zero-order valence-electron chi connectivity index (χ0n) is 10.3. The van der Waals surface area contributed by atoms with E-state index in [-0.39, 0.29) is 0 Å². The molecule has 2 aromatic rings. The Balaban J connectivity index is 1.70. The molecular weight excluding hydrogens is 304 g/mol. The first-order valence-corrected chi connectivity index (χ1v) is 6.89. The van der Waals surface area contributed by atoms with E-state index in [9.17, 15) is 0 Å². The number of halogens is 1. The smallest absolute Gasteiger partial charge is 0.173 e. The molecule has 1 aliphatic rings. The average molecular weight is 317 g/mol. The zero-order chi connectivity index (χ0) is 13.1. The van der Waals surface area contributed by atoms with E-state index in [1.165, 1.54) is 5.56 Å². The standard InChI is InChI=1S/C15H13BrN2O/c16-13-6-7-14-12(8-13)9-17-15(14)18-19-10-11-4-2-1-3-5-11/h1-8H,9-10H2,(H,17,18). The SMILES string of the molecule is Brc1ccc2c(c1)CN/C2=N\OCc1ccccc1. The van der Waals surface area contributed by atoms with Gasteiger partial charge in [0.2, 0.25) is 0 Å². The summed E-state index contributed by atoms with van der Waals surface area (Å²) >= 11 is 3.47. The lowest BCUT2D eigenvalue weighted by Gasteiger charge is -2.02. The minimum absolute atomic E-state index is 0.484. The van der Waals surface area contributed by atoms with E-state index in [0.29, 0.717) is 6.61 Å². The summed E-state index contributed by atoms with van der Waals surface area (Å²) in [5.41, 5.74) is 3.45. The molecule has 0 spiro atoms. The van der Waals surface area contributed by atoms with Crippen LogP contribution in [0.1, 0.15) is 16.7 Å². The van der Waals surface area contributed by atoms with Crippen LogP contribution < -0.4 is 5.32 Å².